The maximum absolute atomic E-state index is 12.8. The first-order valence-electron chi connectivity index (χ1n) is 10.6. The number of nitrogens with two attached hydrogens (primary N) is 2. The van der Waals surface area contributed by atoms with Crippen molar-refractivity contribution in [3.63, 3.8) is 0 Å². The summed E-state index contributed by atoms with van der Waals surface area (Å²) in [6.45, 7) is 4.89. The van der Waals surface area contributed by atoms with Gasteiger partial charge >= 0.3 is 5.97 Å². The number of carboxylic acid groups (broad SMARTS) is 1. The molecule has 0 aliphatic heterocycles. The van der Waals surface area contributed by atoms with E-state index in [1.807, 2.05) is 0 Å². The van der Waals surface area contributed by atoms with Crippen molar-refractivity contribution in [2.75, 3.05) is 0 Å². The fourth-order valence-electron chi connectivity index (χ4n) is 2.87. The van der Waals surface area contributed by atoms with E-state index in [2.05, 4.69) is 25.9 Å². The molecule has 184 valence electrons. The highest BCUT2D eigenvalue weighted by Gasteiger charge is 2.30. The molecule has 13 nitrogen and oxygen atoms in total. The summed E-state index contributed by atoms with van der Waals surface area (Å²) in [7, 11) is 0. The van der Waals surface area contributed by atoms with Gasteiger partial charge in [-0.3, -0.25) is 19.2 Å². The van der Waals surface area contributed by atoms with Crippen molar-refractivity contribution in [1.29, 1.82) is 0 Å². The number of rotatable bonds is 14. The van der Waals surface area contributed by atoms with Crippen molar-refractivity contribution in [2.24, 2.45) is 17.4 Å². The lowest BCUT2D eigenvalue weighted by Gasteiger charge is -2.24. The number of hydrogen-bond acceptors (Lipinski definition) is 7. The highest BCUT2D eigenvalue weighted by Crippen LogP contribution is 2.08. The van der Waals surface area contributed by atoms with Crippen molar-refractivity contribution in [3.8, 4) is 0 Å². The molecule has 1 heterocycles. The Morgan fingerprint density at radius 3 is 2.27 bits per heavy atom. The maximum Gasteiger partial charge on any atom is 0.326 e. The van der Waals surface area contributed by atoms with Crippen LogP contribution in [0.15, 0.2) is 12.5 Å². The summed E-state index contributed by atoms with van der Waals surface area (Å²) in [5.41, 5.74) is 11.4. The number of carboxylic acids is 1. The number of hydrogen-bond donors (Lipinski definition) is 7. The van der Waals surface area contributed by atoms with Gasteiger partial charge in [-0.25, -0.2) is 9.78 Å². The molecule has 0 aliphatic carbocycles. The minimum Gasteiger partial charge on any atom is -0.480 e. The van der Waals surface area contributed by atoms with Crippen molar-refractivity contribution < 1.29 is 29.1 Å². The molecule has 13 heteroatoms. The summed E-state index contributed by atoms with van der Waals surface area (Å²) < 4.78 is 0. The maximum atomic E-state index is 12.8. The number of nitrogens with zero attached hydrogens (tertiary/aromatic N) is 1. The van der Waals surface area contributed by atoms with Crippen molar-refractivity contribution in [1.82, 2.24) is 25.9 Å². The topological polar surface area (TPSA) is 222 Å². The first-order valence-corrected chi connectivity index (χ1v) is 10.6. The summed E-state index contributed by atoms with van der Waals surface area (Å²) in [5.74, 6) is -4.13. The Morgan fingerprint density at radius 1 is 1.09 bits per heavy atom. The van der Waals surface area contributed by atoms with Crippen LogP contribution in [0.1, 0.15) is 45.7 Å². The summed E-state index contributed by atoms with van der Waals surface area (Å²) in [4.78, 5) is 66.8. The Balaban J connectivity index is 2.85. The van der Waals surface area contributed by atoms with E-state index in [0.717, 1.165) is 0 Å². The fourth-order valence-corrected chi connectivity index (χ4v) is 2.87. The molecule has 0 spiro atoms. The minimum atomic E-state index is -1.18. The van der Waals surface area contributed by atoms with Gasteiger partial charge in [-0.15, -0.1) is 0 Å². The molecule has 0 aromatic carbocycles. The van der Waals surface area contributed by atoms with Gasteiger partial charge in [0.1, 0.15) is 18.1 Å². The number of amides is 4. The fraction of sp³-hybridized carbons (Fsp3) is 0.600. The third-order valence-corrected chi connectivity index (χ3v) is 5.18. The van der Waals surface area contributed by atoms with E-state index in [1.165, 1.54) is 19.4 Å². The molecule has 0 aliphatic rings. The number of primary amides is 1. The van der Waals surface area contributed by atoms with Crippen LogP contribution in [0.25, 0.3) is 0 Å². The number of imidazole rings is 1. The van der Waals surface area contributed by atoms with Gasteiger partial charge in [0.15, 0.2) is 0 Å². The van der Waals surface area contributed by atoms with E-state index in [0.29, 0.717) is 12.1 Å². The lowest BCUT2D eigenvalue weighted by Crippen LogP contribution is -2.57. The first kappa shape index (κ1) is 27.6. The van der Waals surface area contributed by atoms with Crippen LogP contribution >= 0.6 is 0 Å². The van der Waals surface area contributed by atoms with Gasteiger partial charge in [-0.1, -0.05) is 20.3 Å². The largest absolute Gasteiger partial charge is 0.480 e. The molecule has 1 rings (SSSR count). The summed E-state index contributed by atoms with van der Waals surface area (Å²) in [6.07, 6.45) is 3.35. The summed E-state index contributed by atoms with van der Waals surface area (Å²) in [6, 6.07) is -4.36. The zero-order valence-electron chi connectivity index (χ0n) is 19.0. The van der Waals surface area contributed by atoms with E-state index in [9.17, 15) is 29.1 Å². The van der Waals surface area contributed by atoms with E-state index in [1.54, 1.807) is 13.8 Å². The molecule has 0 saturated carbocycles. The average Bonchev–Trinajstić information content (AvgIpc) is 3.27. The van der Waals surface area contributed by atoms with Crippen LogP contribution in [0, 0.1) is 5.92 Å². The van der Waals surface area contributed by atoms with Crippen molar-refractivity contribution in [3.05, 3.63) is 18.2 Å². The Bertz CT molecular complexity index is 829. The lowest BCUT2D eigenvalue weighted by molar-refractivity contribution is -0.143. The van der Waals surface area contributed by atoms with E-state index in [-0.39, 0.29) is 25.2 Å². The number of H-pyrrole nitrogens is 1. The minimum absolute atomic E-state index is 0.00453. The summed E-state index contributed by atoms with van der Waals surface area (Å²) >= 11 is 0. The van der Waals surface area contributed by atoms with E-state index >= 15 is 0 Å². The number of nitrogens with one attached hydrogen (secondary N) is 4. The zero-order valence-corrected chi connectivity index (χ0v) is 19.0. The van der Waals surface area contributed by atoms with Gasteiger partial charge < -0.3 is 37.5 Å². The van der Waals surface area contributed by atoms with E-state index in [4.69, 9.17) is 11.5 Å². The Morgan fingerprint density at radius 2 is 1.76 bits per heavy atom. The van der Waals surface area contributed by atoms with Gasteiger partial charge in [0.05, 0.1) is 12.4 Å². The molecule has 9 N–H and O–H groups in total. The molecule has 5 unspecified atom stereocenters. The monoisotopic (exact) mass is 467 g/mol. The van der Waals surface area contributed by atoms with Crippen LogP contribution in [0.4, 0.5) is 0 Å². The molecule has 1 aromatic heterocycles. The first-order chi connectivity index (χ1) is 15.5. The predicted octanol–water partition coefficient (Wildman–Crippen LogP) is -1.85. The van der Waals surface area contributed by atoms with Gasteiger partial charge in [-0.05, 0) is 19.3 Å². The van der Waals surface area contributed by atoms with Crippen LogP contribution in [0.2, 0.25) is 0 Å². The average molecular weight is 468 g/mol. The van der Waals surface area contributed by atoms with Gasteiger partial charge in [-0.2, -0.15) is 0 Å². The molecule has 5 atom stereocenters. The number of aliphatic carboxylic acids is 1. The second-order valence-corrected chi connectivity index (χ2v) is 7.89. The molecular weight excluding hydrogens is 434 g/mol. The normalized spacial score (nSPS) is 15.4. The van der Waals surface area contributed by atoms with Gasteiger partial charge in [0, 0.05) is 24.7 Å². The number of carbonyl (C=O) groups is 5. The molecule has 33 heavy (non-hydrogen) atoms. The van der Waals surface area contributed by atoms with Crippen molar-refractivity contribution in [2.45, 2.75) is 70.6 Å². The highest BCUT2D eigenvalue weighted by molar-refractivity contribution is 5.94. The van der Waals surface area contributed by atoms with Crippen LogP contribution in [0.3, 0.4) is 0 Å². The Kier molecular flexibility index (Phi) is 11.0. The molecule has 0 bridgehead atoms. The third kappa shape index (κ3) is 9.27. The molecule has 1 aromatic rings. The molecule has 0 saturated heterocycles. The number of aromatic nitrogens is 2. The second-order valence-electron chi connectivity index (χ2n) is 7.89. The quantitative estimate of drug-likeness (QED) is 0.164. The SMILES string of the molecule is CCC(C)C(NC(=O)C(C)NC(=O)C(Cc1cnc[nH]1)NC(=O)C(N)CCC(N)=O)C(=O)O. The zero-order chi connectivity index (χ0) is 25.1. The van der Waals surface area contributed by atoms with Crippen LogP contribution in [0.5, 0.6) is 0 Å². The number of carbonyl (C=O) groups excluding carboxylic acids is 4. The standard InChI is InChI=1S/C20H33N7O6/c1-4-10(2)16(20(32)33)27-17(29)11(3)25-19(31)14(7-12-8-23-9-24-12)26-18(30)13(21)5-6-15(22)28/h8-11,13-14,16H,4-7,21H2,1-3H3,(H2,22,28)(H,23,24)(H,25,31)(H,26,30)(H,27,29)(H,32,33). The molecular formula is C20H33N7O6. The van der Waals surface area contributed by atoms with Gasteiger partial charge in [0.2, 0.25) is 23.6 Å². The summed E-state index contributed by atoms with van der Waals surface area (Å²) in [5, 5.41) is 16.8. The molecule has 0 fully saturated rings. The van der Waals surface area contributed by atoms with Crippen LogP contribution < -0.4 is 27.4 Å². The molecule has 4 amide bonds. The Hall–Kier alpha value is -3.48. The highest BCUT2D eigenvalue weighted by atomic mass is 16.4. The third-order valence-electron chi connectivity index (χ3n) is 5.18. The van der Waals surface area contributed by atoms with Gasteiger partial charge in [0.25, 0.3) is 0 Å². The number of aromatic amines is 1. The lowest BCUT2D eigenvalue weighted by atomic mass is 9.99. The predicted molar refractivity (Wildman–Crippen MR) is 117 cm³/mol. The Labute approximate surface area is 191 Å². The second kappa shape index (κ2) is 13.2. The smallest absolute Gasteiger partial charge is 0.326 e. The van der Waals surface area contributed by atoms with Crippen LogP contribution in [-0.2, 0) is 30.4 Å². The van der Waals surface area contributed by atoms with E-state index < -0.39 is 53.8 Å². The van der Waals surface area contributed by atoms with Crippen molar-refractivity contribution >= 4 is 29.6 Å². The van der Waals surface area contributed by atoms with Crippen LogP contribution in [-0.4, -0.2) is 68.8 Å². The molecule has 0 radical (unpaired) electrons.